The summed E-state index contributed by atoms with van der Waals surface area (Å²) in [4.78, 5) is 0. The molecule has 0 spiro atoms. The lowest BCUT2D eigenvalue weighted by Crippen LogP contribution is -2.32. The van der Waals surface area contributed by atoms with E-state index in [2.05, 4.69) is 5.32 Å². The van der Waals surface area contributed by atoms with E-state index in [0.717, 1.165) is 22.6 Å². The Balaban J connectivity index is 2.27. The molecule has 2 aromatic rings. The van der Waals surface area contributed by atoms with Crippen molar-refractivity contribution in [2.45, 2.75) is 19.1 Å². The highest BCUT2D eigenvalue weighted by Gasteiger charge is 2.20. The molecular weight excluding hydrogens is 264 g/mol. The quantitative estimate of drug-likeness (QED) is 0.763. The Kier molecular flexibility index (Phi) is 5.20. The van der Waals surface area contributed by atoms with Crippen molar-refractivity contribution in [1.82, 2.24) is 0 Å². The second-order valence-corrected chi connectivity index (χ2v) is 5.01. The van der Waals surface area contributed by atoms with Gasteiger partial charge in [0.1, 0.15) is 5.75 Å². The van der Waals surface area contributed by atoms with Crippen molar-refractivity contribution in [3.8, 4) is 5.75 Å². The normalized spacial score (nSPS) is 13.5. The maximum absolute atomic E-state index is 10.2. The van der Waals surface area contributed by atoms with Crippen LogP contribution >= 0.6 is 0 Å². The smallest absolute Gasteiger partial charge is 0.118 e. The first-order valence-electron chi connectivity index (χ1n) is 7.00. The van der Waals surface area contributed by atoms with Gasteiger partial charge in [0.15, 0.2) is 0 Å². The van der Waals surface area contributed by atoms with Crippen molar-refractivity contribution in [2.75, 3.05) is 19.0 Å². The molecule has 2 unspecified atom stereocenters. The molecule has 4 heteroatoms. The Morgan fingerprint density at radius 2 is 1.81 bits per heavy atom. The molecule has 4 nitrogen and oxygen atoms in total. The Labute approximate surface area is 125 Å². The number of hydrogen-bond acceptors (Lipinski definition) is 4. The van der Waals surface area contributed by atoms with Gasteiger partial charge in [0.25, 0.3) is 0 Å². The summed E-state index contributed by atoms with van der Waals surface area (Å²) in [6.07, 6.45) is -0.669. The minimum Gasteiger partial charge on any atom is -0.497 e. The van der Waals surface area contributed by atoms with E-state index < -0.39 is 6.10 Å². The fourth-order valence-corrected chi connectivity index (χ4v) is 2.25. The van der Waals surface area contributed by atoms with Gasteiger partial charge < -0.3 is 20.9 Å². The van der Waals surface area contributed by atoms with Crippen molar-refractivity contribution >= 4 is 5.69 Å². The van der Waals surface area contributed by atoms with Crippen LogP contribution < -0.4 is 15.8 Å². The molecule has 21 heavy (non-hydrogen) atoms. The van der Waals surface area contributed by atoms with Gasteiger partial charge in [0.05, 0.1) is 19.3 Å². The van der Waals surface area contributed by atoms with Gasteiger partial charge >= 0.3 is 0 Å². The molecule has 0 saturated carbocycles. The fourth-order valence-electron chi connectivity index (χ4n) is 2.25. The van der Waals surface area contributed by atoms with Gasteiger partial charge in [0.2, 0.25) is 0 Å². The zero-order chi connectivity index (χ0) is 15.2. The lowest BCUT2D eigenvalue weighted by molar-refractivity contribution is 0.160. The molecule has 0 aliphatic rings. The van der Waals surface area contributed by atoms with E-state index in [9.17, 15) is 5.11 Å². The molecule has 4 N–H and O–H groups in total. The molecule has 0 aliphatic carbocycles. The van der Waals surface area contributed by atoms with Gasteiger partial charge in [-0.1, -0.05) is 30.3 Å². The molecule has 0 aliphatic heterocycles. The van der Waals surface area contributed by atoms with E-state index in [0.29, 0.717) is 0 Å². The molecule has 112 valence electrons. The van der Waals surface area contributed by atoms with Gasteiger partial charge in [-0.2, -0.15) is 0 Å². The van der Waals surface area contributed by atoms with Crippen molar-refractivity contribution < 1.29 is 9.84 Å². The maximum Gasteiger partial charge on any atom is 0.118 e. The molecule has 0 bridgehead atoms. The van der Waals surface area contributed by atoms with Crippen LogP contribution in [0.3, 0.4) is 0 Å². The Bertz CT molecular complexity index is 569. The third-order valence-electron chi connectivity index (χ3n) is 3.56. The molecule has 0 aromatic heterocycles. The number of aryl methyl sites for hydroxylation is 1. The van der Waals surface area contributed by atoms with Crippen molar-refractivity contribution in [3.63, 3.8) is 0 Å². The molecule has 2 atom stereocenters. The van der Waals surface area contributed by atoms with E-state index in [-0.39, 0.29) is 12.6 Å². The summed E-state index contributed by atoms with van der Waals surface area (Å²) in [7, 11) is 1.63. The summed E-state index contributed by atoms with van der Waals surface area (Å²) < 4.78 is 5.17. The molecule has 2 aromatic carbocycles. The molecule has 0 radical (unpaired) electrons. The zero-order valence-electron chi connectivity index (χ0n) is 12.4. The van der Waals surface area contributed by atoms with Crippen LogP contribution in [0.1, 0.15) is 17.2 Å². The van der Waals surface area contributed by atoms with Crippen LogP contribution in [0.2, 0.25) is 0 Å². The first-order valence-corrected chi connectivity index (χ1v) is 7.00. The average molecular weight is 286 g/mol. The second kappa shape index (κ2) is 7.11. The Morgan fingerprint density at radius 1 is 1.14 bits per heavy atom. The molecule has 0 heterocycles. The van der Waals surface area contributed by atoms with Crippen LogP contribution in [-0.2, 0) is 0 Å². The van der Waals surface area contributed by atoms with Crippen LogP contribution in [0.15, 0.2) is 48.5 Å². The maximum atomic E-state index is 10.2. The Hall–Kier alpha value is -2.04. The second-order valence-electron chi connectivity index (χ2n) is 5.01. The number of ether oxygens (including phenoxy) is 1. The van der Waals surface area contributed by atoms with Crippen LogP contribution in [0, 0.1) is 6.92 Å². The van der Waals surface area contributed by atoms with Crippen LogP contribution in [0.4, 0.5) is 5.69 Å². The SMILES string of the molecule is COc1ccc(C(Nc2ccccc2C)C(O)CN)cc1. The third-order valence-corrected chi connectivity index (χ3v) is 3.56. The molecule has 2 rings (SSSR count). The van der Waals surface area contributed by atoms with Gasteiger partial charge in [-0.25, -0.2) is 0 Å². The van der Waals surface area contributed by atoms with E-state index >= 15 is 0 Å². The largest absolute Gasteiger partial charge is 0.497 e. The predicted octanol–water partition coefficient (Wildman–Crippen LogP) is 2.48. The van der Waals surface area contributed by atoms with Crippen molar-refractivity contribution in [1.29, 1.82) is 0 Å². The fraction of sp³-hybridized carbons (Fsp3) is 0.294. The number of nitrogens with one attached hydrogen (secondary N) is 1. The number of hydrogen-bond donors (Lipinski definition) is 3. The summed E-state index contributed by atoms with van der Waals surface area (Å²) in [5, 5.41) is 13.6. The number of aliphatic hydroxyl groups is 1. The molecule has 0 saturated heterocycles. The van der Waals surface area contributed by atoms with Gasteiger partial charge in [0, 0.05) is 12.2 Å². The average Bonchev–Trinajstić information content (AvgIpc) is 2.53. The molecular formula is C17H22N2O2. The van der Waals surface area contributed by atoms with Gasteiger partial charge in [-0.05, 0) is 36.2 Å². The third kappa shape index (κ3) is 3.74. The summed E-state index contributed by atoms with van der Waals surface area (Å²) in [6.45, 7) is 2.22. The number of rotatable bonds is 6. The minimum absolute atomic E-state index is 0.190. The highest BCUT2D eigenvalue weighted by atomic mass is 16.5. The monoisotopic (exact) mass is 286 g/mol. The summed E-state index contributed by atoms with van der Waals surface area (Å²) in [5.41, 5.74) is 8.73. The van der Waals surface area contributed by atoms with Crippen molar-refractivity contribution in [3.05, 3.63) is 59.7 Å². The van der Waals surface area contributed by atoms with E-state index in [1.54, 1.807) is 7.11 Å². The minimum atomic E-state index is -0.669. The van der Waals surface area contributed by atoms with Gasteiger partial charge in [-0.3, -0.25) is 0 Å². The number of nitrogens with two attached hydrogens (primary N) is 1. The van der Waals surface area contributed by atoms with Crippen molar-refractivity contribution in [2.24, 2.45) is 5.73 Å². The molecule has 0 amide bonds. The highest BCUT2D eigenvalue weighted by molar-refractivity contribution is 5.52. The standard InChI is InChI=1S/C17H22N2O2/c1-12-5-3-4-6-15(12)19-17(16(20)11-18)13-7-9-14(21-2)10-8-13/h3-10,16-17,19-20H,11,18H2,1-2H3. The first-order chi connectivity index (χ1) is 10.2. The lowest BCUT2D eigenvalue weighted by atomic mass is 10.00. The first kappa shape index (κ1) is 15.4. The predicted molar refractivity (Wildman–Crippen MR) is 85.6 cm³/mol. The zero-order valence-corrected chi connectivity index (χ0v) is 12.4. The number of methoxy groups -OCH3 is 1. The van der Waals surface area contributed by atoms with E-state index in [1.807, 2.05) is 55.5 Å². The molecule has 0 fully saturated rings. The number of anilines is 1. The summed E-state index contributed by atoms with van der Waals surface area (Å²) >= 11 is 0. The topological polar surface area (TPSA) is 67.5 Å². The summed E-state index contributed by atoms with van der Waals surface area (Å²) in [5.74, 6) is 0.788. The summed E-state index contributed by atoms with van der Waals surface area (Å²) in [6, 6.07) is 15.4. The van der Waals surface area contributed by atoms with E-state index in [1.165, 1.54) is 0 Å². The van der Waals surface area contributed by atoms with Crippen LogP contribution in [0.5, 0.6) is 5.75 Å². The number of para-hydroxylation sites is 1. The highest BCUT2D eigenvalue weighted by Crippen LogP contribution is 2.26. The number of benzene rings is 2. The van der Waals surface area contributed by atoms with E-state index in [4.69, 9.17) is 10.5 Å². The Morgan fingerprint density at radius 3 is 2.38 bits per heavy atom. The number of aliphatic hydroxyl groups excluding tert-OH is 1. The van der Waals surface area contributed by atoms with Crippen LogP contribution in [0.25, 0.3) is 0 Å². The lowest BCUT2D eigenvalue weighted by Gasteiger charge is -2.25. The van der Waals surface area contributed by atoms with Crippen LogP contribution in [-0.4, -0.2) is 24.9 Å². The van der Waals surface area contributed by atoms with Gasteiger partial charge in [-0.15, -0.1) is 0 Å².